The lowest BCUT2D eigenvalue weighted by Gasteiger charge is -2.31. The molecule has 1 heterocycles. The van der Waals surface area contributed by atoms with Crippen molar-refractivity contribution < 1.29 is 4.79 Å². The van der Waals surface area contributed by atoms with Gasteiger partial charge in [-0.3, -0.25) is 9.69 Å². The van der Waals surface area contributed by atoms with Crippen LogP contribution in [0.25, 0.3) is 0 Å². The number of carbonyl (C=O) groups excluding carboxylic acids is 1. The molecule has 0 radical (unpaired) electrons. The van der Waals surface area contributed by atoms with Gasteiger partial charge in [-0.05, 0) is 25.9 Å². The van der Waals surface area contributed by atoms with E-state index in [4.69, 9.17) is 5.73 Å². The first-order valence-corrected chi connectivity index (χ1v) is 4.90. The zero-order valence-corrected chi connectivity index (χ0v) is 8.33. The Balaban J connectivity index is 2.18. The summed E-state index contributed by atoms with van der Waals surface area (Å²) < 4.78 is 0. The molecule has 1 amide bonds. The third-order valence-corrected chi connectivity index (χ3v) is 2.46. The monoisotopic (exact) mass is 185 g/mol. The van der Waals surface area contributed by atoms with E-state index in [9.17, 15) is 4.79 Å². The van der Waals surface area contributed by atoms with Crippen LogP contribution in [-0.2, 0) is 4.79 Å². The van der Waals surface area contributed by atoms with Gasteiger partial charge in [0, 0.05) is 20.1 Å². The van der Waals surface area contributed by atoms with Crippen molar-refractivity contribution in [3.05, 3.63) is 0 Å². The van der Waals surface area contributed by atoms with E-state index in [2.05, 4.69) is 4.90 Å². The normalized spacial score (nSPS) is 19.5. The molecule has 1 saturated heterocycles. The van der Waals surface area contributed by atoms with Crippen molar-refractivity contribution >= 4 is 5.91 Å². The van der Waals surface area contributed by atoms with E-state index in [1.165, 1.54) is 0 Å². The summed E-state index contributed by atoms with van der Waals surface area (Å²) >= 11 is 0. The third kappa shape index (κ3) is 3.32. The lowest BCUT2D eigenvalue weighted by Crippen LogP contribution is -2.48. The van der Waals surface area contributed by atoms with Crippen LogP contribution in [0, 0.1) is 0 Å². The second-order valence-corrected chi connectivity index (χ2v) is 3.59. The fourth-order valence-electron chi connectivity index (χ4n) is 1.48. The summed E-state index contributed by atoms with van der Waals surface area (Å²) in [6.45, 7) is 4.22. The largest absolute Gasteiger partial charge is 0.343 e. The molecular weight excluding hydrogens is 166 g/mol. The predicted molar refractivity (Wildman–Crippen MR) is 52.4 cm³/mol. The first kappa shape index (κ1) is 10.5. The van der Waals surface area contributed by atoms with Crippen LogP contribution >= 0.6 is 0 Å². The smallest absolute Gasteiger partial charge is 0.236 e. The zero-order valence-electron chi connectivity index (χ0n) is 8.33. The molecule has 4 nitrogen and oxygen atoms in total. The number of piperazine rings is 1. The number of rotatable bonds is 4. The summed E-state index contributed by atoms with van der Waals surface area (Å²) in [4.78, 5) is 15.3. The number of unbranched alkanes of at least 4 members (excludes halogenated alkanes) is 1. The predicted octanol–water partition coefficient (Wildman–Crippen LogP) is -0.501. The van der Waals surface area contributed by atoms with Crippen molar-refractivity contribution in [2.45, 2.75) is 12.8 Å². The minimum absolute atomic E-state index is 0.235. The maximum absolute atomic E-state index is 11.3. The van der Waals surface area contributed by atoms with E-state index < -0.39 is 0 Å². The summed E-state index contributed by atoms with van der Waals surface area (Å²) in [5.74, 6) is 0.235. The molecular formula is C9H19N3O. The third-order valence-electron chi connectivity index (χ3n) is 2.46. The van der Waals surface area contributed by atoms with E-state index in [1.807, 2.05) is 7.05 Å². The van der Waals surface area contributed by atoms with Gasteiger partial charge in [0.1, 0.15) is 0 Å². The van der Waals surface area contributed by atoms with Gasteiger partial charge in [0.2, 0.25) is 5.91 Å². The van der Waals surface area contributed by atoms with Gasteiger partial charge >= 0.3 is 0 Å². The van der Waals surface area contributed by atoms with Crippen molar-refractivity contribution in [3.8, 4) is 0 Å². The molecule has 0 aliphatic carbocycles. The van der Waals surface area contributed by atoms with E-state index in [-0.39, 0.29) is 5.91 Å². The molecule has 0 aromatic rings. The van der Waals surface area contributed by atoms with Crippen molar-refractivity contribution in [1.29, 1.82) is 0 Å². The lowest BCUT2D eigenvalue weighted by molar-refractivity contribution is -0.134. The molecule has 76 valence electrons. The first-order chi connectivity index (χ1) is 6.24. The van der Waals surface area contributed by atoms with Crippen LogP contribution in [0.4, 0.5) is 0 Å². The molecule has 1 aliphatic heterocycles. The number of amides is 1. The molecule has 0 spiro atoms. The summed E-state index contributed by atoms with van der Waals surface area (Å²) in [6.07, 6.45) is 2.16. The van der Waals surface area contributed by atoms with Crippen LogP contribution in [-0.4, -0.2) is 55.5 Å². The molecule has 0 atom stereocenters. The Morgan fingerprint density at radius 1 is 1.38 bits per heavy atom. The fourth-order valence-corrected chi connectivity index (χ4v) is 1.48. The second kappa shape index (κ2) is 5.19. The Morgan fingerprint density at radius 3 is 2.77 bits per heavy atom. The van der Waals surface area contributed by atoms with Crippen LogP contribution in [0.2, 0.25) is 0 Å². The summed E-state index contributed by atoms with van der Waals surface area (Å²) in [6, 6.07) is 0. The molecule has 0 aromatic carbocycles. The zero-order chi connectivity index (χ0) is 9.68. The Bertz CT molecular complexity index is 172. The first-order valence-electron chi connectivity index (χ1n) is 4.90. The molecule has 0 bridgehead atoms. The quantitative estimate of drug-likeness (QED) is 0.601. The second-order valence-electron chi connectivity index (χ2n) is 3.59. The van der Waals surface area contributed by atoms with Crippen molar-refractivity contribution in [1.82, 2.24) is 9.80 Å². The molecule has 0 unspecified atom stereocenters. The molecule has 0 aromatic heterocycles. The number of hydrogen-bond acceptors (Lipinski definition) is 3. The van der Waals surface area contributed by atoms with E-state index in [1.54, 1.807) is 4.90 Å². The van der Waals surface area contributed by atoms with Crippen molar-refractivity contribution in [2.75, 3.05) is 39.8 Å². The van der Waals surface area contributed by atoms with Crippen LogP contribution < -0.4 is 5.73 Å². The highest BCUT2D eigenvalue weighted by molar-refractivity contribution is 5.78. The molecule has 2 N–H and O–H groups in total. The van der Waals surface area contributed by atoms with Gasteiger partial charge in [0.25, 0.3) is 0 Å². The molecule has 1 rings (SSSR count). The van der Waals surface area contributed by atoms with Crippen LogP contribution in [0.3, 0.4) is 0 Å². The Kier molecular flexibility index (Phi) is 4.18. The van der Waals surface area contributed by atoms with Gasteiger partial charge in [-0.2, -0.15) is 0 Å². The topological polar surface area (TPSA) is 49.6 Å². The highest BCUT2D eigenvalue weighted by Gasteiger charge is 2.19. The average Bonchev–Trinajstić information content (AvgIpc) is 2.12. The SMILES string of the molecule is CN1CCN(CCCCN)CC1=O. The molecule has 0 saturated carbocycles. The highest BCUT2D eigenvalue weighted by atomic mass is 16.2. The minimum atomic E-state index is 0.235. The van der Waals surface area contributed by atoms with Gasteiger partial charge in [0.15, 0.2) is 0 Å². The van der Waals surface area contributed by atoms with Crippen LogP contribution in [0.15, 0.2) is 0 Å². The summed E-state index contributed by atoms with van der Waals surface area (Å²) in [5, 5.41) is 0. The number of carbonyl (C=O) groups is 1. The van der Waals surface area contributed by atoms with Crippen LogP contribution in [0.5, 0.6) is 0 Å². The Hall–Kier alpha value is -0.610. The maximum atomic E-state index is 11.3. The van der Waals surface area contributed by atoms with Crippen LogP contribution in [0.1, 0.15) is 12.8 Å². The standard InChI is InChI=1S/C9H19N3O/c1-11-6-7-12(8-9(11)13)5-3-2-4-10/h2-8,10H2,1H3. The molecule has 1 fully saturated rings. The molecule has 13 heavy (non-hydrogen) atoms. The Morgan fingerprint density at radius 2 is 2.15 bits per heavy atom. The molecule has 4 heteroatoms. The minimum Gasteiger partial charge on any atom is -0.343 e. The van der Waals surface area contributed by atoms with Gasteiger partial charge in [-0.15, -0.1) is 0 Å². The van der Waals surface area contributed by atoms with Gasteiger partial charge in [0.05, 0.1) is 6.54 Å². The number of likely N-dealkylation sites (N-methyl/N-ethyl adjacent to an activating group) is 1. The highest BCUT2D eigenvalue weighted by Crippen LogP contribution is 2.02. The average molecular weight is 185 g/mol. The maximum Gasteiger partial charge on any atom is 0.236 e. The fraction of sp³-hybridized carbons (Fsp3) is 0.889. The molecule has 1 aliphatic rings. The lowest BCUT2D eigenvalue weighted by atomic mass is 10.2. The van der Waals surface area contributed by atoms with E-state index in [0.717, 1.165) is 39.0 Å². The van der Waals surface area contributed by atoms with E-state index in [0.29, 0.717) is 6.54 Å². The van der Waals surface area contributed by atoms with Gasteiger partial charge in [-0.1, -0.05) is 0 Å². The number of nitrogens with two attached hydrogens (primary N) is 1. The van der Waals surface area contributed by atoms with Crippen molar-refractivity contribution in [2.24, 2.45) is 5.73 Å². The number of hydrogen-bond donors (Lipinski definition) is 1. The summed E-state index contributed by atoms with van der Waals surface area (Å²) in [7, 11) is 1.86. The Labute approximate surface area is 79.7 Å². The number of nitrogens with zero attached hydrogens (tertiary/aromatic N) is 2. The summed E-state index contributed by atoms with van der Waals surface area (Å²) in [5.41, 5.74) is 5.40. The van der Waals surface area contributed by atoms with Crippen molar-refractivity contribution in [3.63, 3.8) is 0 Å². The van der Waals surface area contributed by atoms with Gasteiger partial charge < -0.3 is 10.6 Å². The van der Waals surface area contributed by atoms with E-state index >= 15 is 0 Å². The van der Waals surface area contributed by atoms with Gasteiger partial charge in [-0.25, -0.2) is 0 Å².